The van der Waals surface area contributed by atoms with Crippen LogP contribution in [0, 0.1) is 0 Å². The number of hydrogen-bond acceptors (Lipinski definition) is 8. The molecule has 0 radical (unpaired) electrons. The monoisotopic (exact) mass is 270 g/mol. The van der Waals surface area contributed by atoms with Gasteiger partial charge in [0, 0.05) is 0 Å². The van der Waals surface area contributed by atoms with Crippen LogP contribution < -0.4 is 0 Å². The highest BCUT2D eigenvalue weighted by Gasteiger charge is 2.28. The number of aliphatic hydroxyl groups excluding tert-OH is 6. The Bertz CT molecular complexity index is 196. The van der Waals surface area contributed by atoms with Crippen LogP contribution in [0.1, 0.15) is 6.92 Å². The average molecular weight is 270 g/mol. The first-order valence-corrected chi connectivity index (χ1v) is 5.60. The van der Waals surface area contributed by atoms with E-state index in [1.165, 1.54) is 6.92 Å². The Hall–Kier alpha value is -0.320. The van der Waals surface area contributed by atoms with Gasteiger partial charge in [-0.25, -0.2) is 0 Å². The largest absolute Gasteiger partial charge is 0.394 e. The zero-order chi connectivity index (χ0) is 14.1. The standard InChI is InChI=1S/C10H22O8/c1-6(15)9(5-14)18-10(8(16)4-13)17-7(2-11)3-12/h6-16H,2-5H2,1H3/t6-,8-,9?,10?/m0/s1. The number of rotatable bonds is 10. The lowest BCUT2D eigenvalue weighted by molar-refractivity contribution is -0.262. The Kier molecular flexibility index (Phi) is 9.42. The molecule has 0 saturated carbocycles. The quantitative estimate of drug-likeness (QED) is 0.228. The zero-order valence-corrected chi connectivity index (χ0v) is 10.2. The third kappa shape index (κ3) is 6.03. The van der Waals surface area contributed by atoms with Crippen LogP contribution in [0.5, 0.6) is 0 Å². The lowest BCUT2D eigenvalue weighted by atomic mass is 10.2. The van der Waals surface area contributed by atoms with E-state index in [0.29, 0.717) is 0 Å². The summed E-state index contributed by atoms with van der Waals surface area (Å²) in [4.78, 5) is 0. The van der Waals surface area contributed by atoms with Crippen LogP contribution in [0.15, 0.2) is 0 Å². The summed E-state index contributed by atoms with van der Waals surface area (Å²) in [6, 6.07) is 0. The predicted molar refractivity (Wildman–Crippen MR) is 59.6 cm³/mol. The van der Waals surface area contributed by atoms with Crippen molar-refractivity contribution in [2.24, 2.45) is 0 Å². The summed E-state index contributed by atoms with van der Waals surface area (Å²) in [5.74, 6) is 0. The molecule has 18 heavy (non-hydrogen) atoms. The molecule has 0 aliphatic rings. The molecule has 0 aromatic rings. The van der Waals surface area contributed by atoms with Gasteiger partial charge in [0.1, 0.15) is 18.3 Å². The Morgan fingerprint density at radius 3 is 1.72 bits per heavy atom. The molecule has 2 unspecified atom stereocenters. The molecular formula is C10H22O8. The first kappa shape index (κ1) is 17.7. The van der Waals surface area contributed by atoms with Crippen LogP contribution in [-0.2, 0) is 9.47 Å². The van der Waals surface area contributed by atoms with Crippen molar-refractivity contribution in [3.05, 3.63) is 0 Å². The van der Waals surface area contributed by atoms with Crippen molar-refractivity contribution < 1.29 is 40.1 Å². The van der Waals surface area contributed by atoms with Crippen molar-refractivity contribution in [2.45, 2.75) is 37.6 Å². The average Bonchev–Trinajstić information content (AvgIpc) is 2.37. The van der Waals surface area contributed by atoms with E-state index in [1.54, 1.807) is 0 Å². The Balaban J connectivity index is 4.56. The number of aliphatic hydroxyl groups is 6. The van der Waals surface area contributed by atoms with Gasteiger partial charge < -0.3 is 40.1 Å². The lowest BCUT2D eigenvalue weighted by Gasteiger charge is -2.30. The SMILES string of the molecule is C[C@H](O)C(CO)OC(OC(CO)CO)[C@@H](O)CO. The summed E-state index contributed by atoms with van der Waals surface area (Å²) in [6.45, 7) is -0.830. The number of ether oxygens (including phenoxy) is 2. The molecule has 8 nitrogen and oxygen atoms in total. The highest BCUT2D eigenvalue weighted by atomic mass is 16.7. The molecule has 0 aliphatic heterocycles. The molecule has 0 fully saturated rings. The van der Waals surface area contributed by atoms with E-state index in [0.717, 1.165) is 0 Å². The summed E-state index contributed by atoms with van der Waals surface area (Å²) in [6.07, 6.45) is -5.85. The molecule has 0 rings (SSSR count). The second-order valence-corrected chi connectivity index (χ2v) is 3.84. The normalized spacial score (nSPS) is 18.7. The van der Waals surface area contributed by atoms with Crippen LogP contribution in [0.3, 0.4) is 0 Å². The first-order chi connectivity index (χ1) is 8.49. The van der Waals surface area contributed by atoms with Gasteiger partial charge in [-0.05, 0) is 6.92 Å². The predicted octanol–water partition coefficient (Wildman–Crippen LogP) is -3.21. The second-order valence-electron chi connectivity index (χ2n) is 3.84. The van der Waals surface area contributed by atoms with Crippen molar-refractivity contribution in [3.63, 3.8) is 0 Å². The zero-order valence-electron chi connectivity index (χ0n) is 10.2. The van der Waals surface area contributed by atoms with Crippen molar-refractivity contribution in [1.82, 2.24) is 0 Å². The van der Waals surface area contributed by atoms with Crippen molar-refractivity contribution >= 4 is 0 Å². The molecule has 0 saturated heterocycles. The van der Waals surface area contributed by atoms with Crippen molar-refractivity contribution in [2.75, 3.05) is 26.4 Å². The molecule has 6 N–H and O–H groups in total. The lowest BCUT2D eigenvalue weighted by Crippen LogP contribution is -2.45. The molecule has 0 aromatic heterocycles. The van der Waals surface area contributed by atoms with E-state index in [2.05, 4.69) is 0 Å². The fourth-order valence-corrected chi connectivity index (χ4v) is 1.11. The summed E-state index contributed by atoms with van der Waals surface area (Å²) in [7, 11) is 0. The van der Waals surface area contributed by atoms with Crippen LogP contribution in [0.4, 0.5) is 0 Å². The summed E-state index contributed by atoms with van der Waals surface area (Å²) < 4.78 is 10.1. The van der Waals surface area contributed by atoms with E-state index in [4.69, 9.17) is 29.9 Å². The van der Waals surface area contributed by atoms with Crippen LogP contribution >= 0.6 is 0 Å². The van der Waals surface area contributed by atoms with Crippen LogP contribution in [0.25, 0.3) is 0 Å². The molecule has 0 spiro atoms. The van der Waals surface area contributed by atoms with Gasteiger partial charge in [-0.3, -0.25) is 0 Å². The highest BCUT2D eigenvalue weighted by Crippen LogP contribution is 2.11. The third-order valence-corrected chi connectivity index (χ3v) is 2.26. The van der Waals surface area contributed by atoms with Gasteiger partial charge in [0.15, 0.2) is 6.29 Å². The van der Waals surface area contributed by atoms with E-state index in [-0.39, 0.29) is 0 Å². The molecule has 0 aliphatic carbocycles. The van der Waals surface area contributed by atoms with Crippen LogP contribution in [-0.4, -0.2) is 87.8 Å². The summed E-state index contributed by atoms with van der Waals surface area (Å²) >= 11 is 0. The molecule has 4 atom stereocenters. The van der Waals surface area contributed by atoms with E-state index >= 15 is 0 Å². The highest BCUT2D eigenvalue weighted by molar-refractivity contribution is 4.69. The van der Waals surface area contributed by atoms with Crippen LogP contribution in [0.2, 0.25) is 0 Å². The molecule has 8 heteroatoms. The minimum atomic E-state index is -1.43. The van der Waals surface area contributed by atoms with Crippen molar-refractivity contribution in [3.8, 4) is 0 Å². The maximum atomic E-state index is 9.46. The molecular weight excluding hydrogens is 248 g/mol. The van der Waals surface area contributed by atoms with Gasteiger partial charge in [-0.15, -0.1) is 0 Å². The maximum absolute atomic E-state index is 9.46. The van der Waals surface area contributed by atoms with Gasteiger partial charge in [0.25, 0.3) is 0 Å². The molecule has 0 bridgehead atoms. The minimum Gasteiger partial charge on any atom is -0.394 e. The van der Waals surface area contributed by atoms with E-state index < -0.39 is 57.1 Å². The van der Waals surface area contributed by atoms with Gasteiger partial charge in [-0.1, -0.05) is 0 Å². The fourth-order valence-electron chi connectivity index (χ4n) is 1.11. The van der Waals surface area contributed by atoms with Gasteiger partial charge in [0.05, 0.1) is 32.5 Å². The van der Waals surface area contributed by atoms with Gasteiger partial charge in [-0.2, -0.15) is 0 Å². The fraction of sp³-hybridized carbons (Fsp3) is 1.00. The van der Waals surface area contributed by atoms with E-state index in [1.807, 2.05) is 0 Å². The minimum absolute atomic E-state index is 0.507. The molecule has 0 heterocycles. The summed E-state index contributed by atoms with van der Waals surface area (Å²) in [5, 5.41) is 54.2. The Labute approximate surface area is 105 Å². The number of hydrogen-bond donors (Lipinski definition) is 6. The maximum Gasteiger partial charge on any atom is 0.186 e. The summed E-state index contributed by atoms with van der Waals surface area (Å²) in [5.41, 5.74) is 0. The second kappa shape index (κ2) is 9.59. The Morgan fingerprint density at radius 1 is 0.833 bits per heavy atom. The topological polar surface area (TPSA) is 140 Å². The third-order valence-electron chi connectivity index (χ3n) is 2.26. The molecule has 110 valence electrons. The van der Waals surface area contributed by atoms with Gasteiger partial charge in [0.2, 0.25) is 0 Å². The Morgan fingerprint density at radius 2 is 1.39 bits per heavy atom. The smallest absolute Gasteiger partial charge is 0.186 e. The van der Waals surface area contributed by atoms with E-state index in [9.17, 15) is 10.2 Å². The van der Waals surface area contributed by atoms with Gasteiger partial charge >= 0.3 is 0 Å². The molecule has 0 aromatic carbocycles. The van der Waals surface area contributed by atoms with Crippen molar-refractivity contribution in [1.29, 1.82) is 0 Å². The molecule has 0 amide bonds. The first-order valence-electron chi connectivity index (χ1n) is 5.60.